The van der Waals surface area contributed by atoms with Crippen molar-refractivity contribution in [1.29, 1.82) is 0 Å². The summed E-state index contributed by atoms with van der Waals surface area (Å²) in [6.45, 7) is 12.0. The Bertz CT molecular complexity index is 525. The molecule has 0 aromatic heterocycles. The van der Waals surface area contributed by atoms with Gasteiger partial charge in [-0.15, -0.1) is 0 Å². The molecular weight excluding hydrogens is 318 g/mol. The van der Waals surface area contributed by atoms with Crippen molar-refractivity contribution in [2.75, 3.05) is 46.4 Å². The lowest BCUT2D eigenvalue weighted by molar-refractivity contribution is -1.02. The molecule has 0 aliphatic carbocycles. The summed E-state index contributed by atoms with van der Waals surface area (Å²) in [7, 11) is 1.66. The van der Waals surface area contributed by atoms with Gasteiger partial charge in [0.1, 0.15) is 50.8 Å². The lowest BCUT2D eigenvalue weighted by Gasteiger charge is -2.32. The average molecular weight is 351 g/mol. The SMILES string of the molecule is COc1ccc(OCC[NH+]2CC[NH+]([C@H](C)C(=O)NC(C)C)CC2)cc1. The molecule has 1 aromatic rings. The van der Waals surface area contributed by atoms with Gasteiger partial charge in [0.15, 0.2) is 6.04 Å². The van der Waals surface area contributed by atoms with Gasteiger partial charge >= 0.3 is 0 Å². The van der Waals surface area contributed by atoms with Gasteiger partial charge in [-0.25, -0.2) is 0 Å². The van der Waals surface area contributed by atoms with Gasteiger partial charge in [-0.1, -0.05) is 0 Å². The Hall–Kier alpha value is -1.79. The second kappa shape index (κ2) is 9.63. The zero-order valence-electron chi connectivity index (χ0n) is 15.9. The number of amides is 1. The summed E-state index contributed by atoms with van der Waals surface area (Å²) in [5.74, 6) is 1.88. The first-order chi connectivity index (χ1) is 12.0. The second-order valence-corrected chi connectivity index (χ2v) is 7.07. The molecule has 1 atom stereocenters. The summed E-state index contributed by atoms with van der Waals surface area (Å²) in [5, 5.41) is 3.02. The summed E-state index contributed by atoms with van der Waals surface area (Å²) in [4.78, 5) is 15.1. The Kier molecular flexibility index (Phi) is 7.52. The summed E-state index contributed by atoms with van der Waals surface area (Å²) in [6, 6.07) is 7.93. The molecule has 140 valence electrons. The summed E-state index contributed by atoms with van der Waals surface area (Å²) >= 11 is 0. The fraction of sp³-hybridized carbons (Fsp3) is 0.632. The number of piperazine rings is 1. The van der Waals surface area contributed by atoms with E-state index in [4.69, 9.17) is 9.47 Å². The molecule has 0 unspecified atom stereocenters. The second-order valence-electron chi connectivity index (χ2n) is 7.07. The number of carbonyl (C=O) groups is 1. The largest absolute Gasteiger partial charge is 0.497 e. The molecule has 2 rings (SSSR count). The van der Waals surface area contributed by atoms with Crippen molar-refractivity contribution in [3.8, 4) is 11.5 Å². The zero-order valence-corrected chi connectivity index (χ0v) is 15.9. The molecule has 1 aliphatic rings. The topological polar surface area (TPSA) is 56.4 Å². The summed E-state index contributed by atoms with van der Waals surface area (Å²) < 4.78 is 11.0. The Balaban J connectivity index is 1.67. The van der Waals surface area contributed by atoms with Crippen LogP contribution in [0.1, 0.15) is 20.8 Å². The van der Waals surface area contributed by atoms with Crippen LogP contribution >= 0.6 is 0 Å². The maximum atomic E-state index is 12.1. The average Bonchev–Trinajstić information content (AvgIpc) is 2.61. The molecule has 1 saturated heterocycles. The van der Waals surface area contributed by atoms with Crippen molar-refractivity contribution in [2.24, 2.45) is 0 Å². The Morgan fingerprint density at radius 3 is 2.24 bits per heavy atom. The summed E-state index contributed by atoms with van der Waals surface area (Å²) in [6.07, 6.45) is 0. The van der Waals surface area contributed by atoms with Gasteiger partial charge in [-0.2, -0.15) is 0 Å². The highest BCUT2D eigenvalue weighted by atomic mass is 16.5. The molecule has 3 N–H and O–H groups in total. The van der Waals surface area contributed by atoms with Crippen molar-refractivity contribution in [2.45, 2.75) is 32.9 Å². The Labute approximate surface area is 151 Å². The van der Waals surface area contributed by atoms with Crippen LogP contribution in [-0.2, 0) is 4.79 Å². The quantitative estimate of drug-likeness (QED) is 0.550. The van der Waals surface area contributed by atoms with Crippen LogP contribution in [0.4, 0.5) is 0 Å². The fourth-order valence-electron chi connectivity index (χ4n) is 3.19. The molecule has 1 aliphatic heterocycles. The van der Waals surface area contributed by atoms with Crippen LogP contribution in [0.15, 0.2) is 24.3 Å². The van der Waals surface area contributed by atoms with E-state index in [-0.39, 0.29) is 18.0 Å². The van der Waals surface area contributed by atoms with Crippen molar-refractivity contribution >= 4 is 5.91 Å². The van der Waals surface area contributed by atoms with Gasteiger partial charge < -0.3 is 24.6 Å². The molecule has 0 spiro atoms. The number of hydrogen-bond acceptors (Lipinski definition) is 3. The van der Waals surface area contributed by atoms with E-state index in [1.807, 2.05) is 45.0 Å². The third-order valence-corrected chi connectivity index (χ3v) is 4.82. The van der Waals surface area contributed by atoms with E-state index >= 15 is 0 Å². The highest BCUT2D eigenvalue weighted by molar-refractivity contribution is 5.80. The van der Waals surface area contributed by atoms with E-state index in [2.05, 4.69) is 5.32 Å². The van der Waals surface area contributed by atoms with Crippen molar-refractivity contribution in [3.63, 3.8) is 0 Å². The molecule has 1 fully saturated rings. The molecule has 1 aromatic carbocycles. The van der Waals surface area contributed by atoms with Crippen molar-refractivity contribution in [3.05, 3.63) is 24.3 Å². The molecule has 1 heterocycles. The minimum Gasteiger partial charge on any atom is -0.497 e. The van der Waals surface area contributed by atoms with Gasteiger partial charge in [-0.05, 0) is 45.0 Å². The third kappa shape index (κ3) is 6.21. The van der Waals surface area contributed by atoms with Crippen LogP contribution in [-0.4, -0.2) is 64.4 Å². The van der Waals surface area contributed by atoms with E-state index in [9.17, 15) is 4.79 Å². The summed E-state index contributed by atoms with van der Waals surface area (Å²) in [5.41, 5.74) is 0. The molecule has 25 heavy (non-hydrogen) atoms. The number of benzene rings is 1. The first-order valence-corrected chi connectivity index (χ1v) is 9.25. The number of carbonyl (C=O) groups excluding carboxylic acids is 1. The lowest BCUT2D eigenvalue weighted by Crippen LogP contribution is -3.30. The lowest BCUT2D eigenvalue weighted by atomic mass is 10.2. The van der Waals surface area contributed by atoms with Crippen LogP contribution in [0.25, 0.3) is 0 Å². The van der Waals surface area contributed by atoms with E-state index in [0.29, 0.717) is 6.61 Å². The number of quaternary nitrogens is 2. The molecule has 6 heteroatoms. The molecule has 0 radical (unpaired) electrons. The highest BCUT2D eigenvalue weighted by Crippen LogP contribution is 2.16. The standard InChI is InChI=1S/C19H31N3O3/c1-15(2)20-19(23)16(3)22-11-9-21(10-12-22)13-14-25-18-7-5-17(24-4)6-8-18/h5-8,15-16H,9-14H2,1-4H3,(H,20,23)/p+2/t16-/m1/s1. The number of hydrogen-bond donors (Lipinski definition) is 3. The van der Waals surface area contributed by atoms with E-state index < -0.39 is 0 Å². The third-order valence-electron chi connectivity index (χ3n) is 4.82. The van der Waals surface area contributed by atoms with Gasteiger partial charge in [0.25, 0.3) is 5.91 Å². The number of rotatable bonds is 8. The van der Waals surface area contributed by atoms with E-state index in [1.54, 1.807) is 12.0 Å². The van der Waals surface area contributed by atoms with Crippen molar-refractivity contribution < 1.29 is 24.1 Å². The smallest absolute Gasteiger partial charge is 0.278 e. The Morgan fingerprint density at radius 1 is 1.08 bits per heavy atom. The highest BCUT2D eigenvalue weighted by Gasteiger charge is 2.30. The number of ether oxygens (including phenoxy) is 2. The maximum absolute atomic E-state index is 12.1. The van der Waals surface area contributed by atoms with Crippen LogP contribution in [0.2, 0.25) is 0 Å². The minimum absolute atomic E-state index is 0.0273. The predicted molar refractivity (Wildman–Crippen MR) is 97.5 cm³/mol. The van der Waals surface area contributed by atoms with Gasteiger partial charge in [-0.3, -0.25) is 4.79 Å². The zero-order chi connectivity index (χ0) is 18.2. The fourth-order valence-corrected chi connectivity index (χ4v) is 3.19. The van der Waals surface area contributed by atoms with E-state index in [0.717, 1.165) is 44.2 Å². The van der Waals surface area contributed by atoms with Gasteiger partial charge in [0.05, 0.1) is 7.11 Å². The maximum Gasteiger partial charge on any atom is 0.278 e. The number of nitrogens with one attached hydrogen (secondary N) is 3. The van der Waals surface area contributed by atoms with Gasteiger partial charge in [0, 0.05) is 6.04 Å². The minimum atomic E-state index is 0.0273. The predicted octanol–water partition coefficient (Wildman–Crippen LogP) is -1.23. The molecule has 0 saturated carbocycles. The monoisotopic (exact) mass is 351 g/mol. The van der Waals surface area contributed by atoms with Gasteiger partial charge in [0.2, 0.25) is 0 Å². The molecule has 1 amide bonds. The van der Waals surface area contributed by atoms with E-state index in [1.165, 1.54) is 4.90 Å². The molecule has 6 nitrogen and oxygen atoms in total. The van der Waals surface area contributed by atoms with Crippen LogP contribution < -0.4 is 24.6 Å². The first kappa shape index (κ1) is 19.5. The molecular formula is C19H33N3O3+2. The van der Waals surface area contributed by atoms with Crippen LogP contribution in [0, 0.1) is 0 Å². The Morgan fingerprint density at radius 2 is 1.68 bits per heavy atom. The number of methoxy groups -OCH3 is 1. The van der Waals surface area contributed by atoms with Crippen LogP contribution in [0.5, 0.6) is 11.5 Å². The normalized spacial score (nSPS) is 21.6. The molecule has 0 bridgehead atoms. The first-order valence-electron chi connectivity index (χ1n) is 9.25. The van der Waals surface area contributed by atoms with Crippen molar-refractivity contribution in [1.82, 2.24) is 5.32 Å². The van der Waals surface area contributed by atoms with Crippen LogP contribution in [0.3, 0.4) is 0 Å².